The van der Waals surface area contributed by atoms with E-state index in [2.05, 4.69) is 10.6 Å². The van der Waals surface area contributed by atoms with Crippen molar-refractivity contribution in [3.8, 4) is 0 Å². The van der Waals surface area contributed by atoms with E-state index in [0.29, 0.717) is 44.2 Å². The van der Waals surface area contributed by atoms with Crippen molar-refractivity contribution in [3.63, 3.8) is 0 Å². The summed E-state index contributed by atoms with van der Waals surface area (Å²) in [6, 6.07) is 12.7. The molecule has 0 radical (unpaired) electrons. The van der Waals surface area contributed by atoms with Crippen LogP contribution in [0.4, 0.5) is 5.69 Å². The molecule has 0 aromatic heterocycles. The molecule has 1 amide bonds. The summed E-state index contributed by atoms with van der Waals surface area (Å²) in [5, 5.41) is 7.55. The lowest BCUT2D eigenvalue weighted by Gasteiger charge is -2.21. The monoisotopic (exact) mass is 526 g/mol. The molecule has 8 heteroatoms. The summed E-state index contributed by atoms with van der Waals surface area (Å²) in [6.07, 6.45) is 7.15. The third-order valence-electron chi connectivity index (χ3n) is 5.27. The SMILES string of the molecule is CC(C)=C/C=C/C(C)=C/CNC(=S)NC1N=C(c2ccccc2Cl)c2cc(Cl)ccc2N(C)C1=O. The van der Waals surface area contributed by atoms with Gasteiger partial charge in [0.2, 0.25) is 6.17 Å². The molecule has 0 saturated heterocycles. The number of benzodiazepines with no additional fused rings is 1. The van der Waals surface area contributed by atoms with E-state index in [1.54, 1.807) is 36.2 Å². The van der Waals surface area contributed by atoms with E-state index in [1.165, 1.54) is 5.57 Å². The molecule has 1 heterocycles. The zero-order valence-electron chi connectivity index (χ0n) is 20.1. The first-order valence-electron chi connectivity index (χ1n) is 11.1. The van der Waals surface area contributed by atoms with Crippen molar-refractivity contribution >= 4 is 57.8 Å². The molecule has 1 aliphatic rings. The highest BCUT2D eigenvalue weighted by Crippen LogP contribution is 2.31. The molecular formula is C27H28Cl2N4OS. The lowest BCUT2D eigenvalue weighted by atomic mass is 10.00. The van der Waals surface area contributed by atoms with Gasteiger partial charge in [-0.1, -0.05) is 76.9 Å². The van der Waals surface area contributed by atoms with E-state index in [-0.39, 0.29) is 5.91 Å². The molecule has 182 valence electrons. The van der Waals surface area contributed by atoms with Gasteiger partial charge in [0.25, 0.3) is 5.91 Å². The van der Waals surface area contributed by atoms with Crippen molar-refractivity contribution in [1.82, 2.24) is 10.6 Å². The smallest absolute Gasteiger partial charge is 0.272 e. The number of rotatable bonds is 6. The van der Waals surface area contributed by atoms with E-state index < -0.39 is 6.17 Å². The minimum atomic E-state index is -0.944. The number of carbonyl (C=O) groups excluding carboxylic acids is 1. The van der Waals surface area contributed by atoms with Crippen LogP contribution in [0.25, 0.3) is 0 Å². The van der Waals surface area contributed by atoms with Crippen LogP contribution in [0.3, 0.4) is 0 Å². The number of benzene rings is 2. The largest absolute Gasteiger partial charge is 0.359 e. The predicted molar refractivity (Wildman–Crippen MR) is 152 cm³/mol. The number of amides is 1. The molecule has 2 aromatic carbocycles. The predicted octanol–water partition coefficient (Wildman–Crippen LogP) is 6.07. The maximum absolute atomic E-state index is 13.3. The Labute approximate surface area is 222 Å². The van der Waals surface area contributed by atoms with Gasteiger partial charge in [-0.05, 0) is 57.3 Å². The number of hydrogen-bond acceptors (Lipinski definition) is 3. The van der Waals surface area contributed by atoms with Gasteiger partial charge in [0.15, 0.2) is 5.11 Å². The Bertz CT molecular complexity index is 1250. The normalized spacial score (nSPS) is 15.9. The standard InChI is InChI=1S/C27H28Cl2N4OS/c1-17(2)8-7-9-18(3)14-15-30-27(35)32-25-26(34)33(4)23-13-12-19(28)16-21(23)24(31-25)20-10-5-6-11-22(20)29/h5-14,16,25H,15H2,1-4H3,(H2,30,32,35)/b9-7+,18-14+. The quantitative estimate of drug-likeness (QED) is 0.354. The zero-order valence-corrected chi connectivity index (χ0v) is 22.4. The Kier molecular flexibility index (Phi) is 9.26. The molecule has 2 aromatic rings. The molecule has 2 N–H and O–H groups in total. The minimum absolute atomic E-state index is 0.254. The maximum atomic E-state index is 13.3. The number of allylic oxidation sites excluding steroid dienone is 5. The summed E-state index contributed by atoms with van der Waals surface area (Å²) in [4.78, 5) is 19.6. The van der Waals surface area contributed by atoms with E-state index in [1.807, 2.05) is 63.3 Å². The fraction of sp³-hybridized carbons (Fsp3) is 0.222. The van der Waals surface area contributed by atoms with Crippen LogP contribution in [0, 0.1) is 0 Å². The van der Waals surface area contributed by atoms with Gasteiger partial charge in [0, 0.05) is 34.8 Å². The lowest BCUT2D eigenvalue weighted by Crippen LogP contribution is -2.49. The number of thiocarbonyl (C=S) groups is 1. The van der Waals surface area contributed by atoms with Crippen LogP contribution >= 0.6 is 35.4 Å². The number of aliphatic imine (C=N–C) groups is 1. The van der Waals surface area contributed by atoms with Crippen LogP contribution in [0.1, 0.15) is 31.9 Å². The van der Waals surface area contributed by atoms with Gasteiger partial charge in [0.1, 0.15) is 0 Å². The third-order valence-corrected chi connectivity index (χ3v) is 6.10. The molecule has 1 unspecified atom stereocenters. The summed E-state index contributed by atoms with van der Waals surface area (Å²) in [5.74, 6) is -0.254. The highest BCUT2D eigenvalue weighted by atomic mass is 35.5. The number of hydrogen-bond donors (Lipinski definition) is 2. The van der Waals surface area contributed by atoms with Crippen LogP contribution < -0.4 is 15.5 Å². The van der Waals surface area contributed by atoms with Gasteiger partial charge in [-0.3, -0.25) is 4.79 Å². The molecule has 0 fully saturated rings. The summed E-state index contributed by atoms with van der Waals surface area (Å²) in [5.41, 5.74) is 4.99. The molecule has 3 rings (SSSR count). The molecule has 0 aliphatic carbocycles. The minimum Gasteiger partial charge on any atom is -0.359 e. The molecule has 0 spiro atoms. The molecule has 1 atom stereocenters. The van der Waals surface area contributed by atoms with Crippen molar-refractivity contribution < 1.29 is 4.79 Å². The summed E-state index contributed by atoms with van der Waals surface area (Å²) >= 11 is 18.3. The van der Waals surface area contributed by atoms with E-state index >= 15 is 0 Å². The van der Waals surface area contributed by atoms with Gasteiger partial charge >= 0.3 is 0 Å². The average Bonchev–Trinajstić information content (AvgIpc) is 2.89. The zero-order chi connectivity index (χ0) is 25.5. The first-order valence-corrected chi connectivity index (χ1v) is 12.3. The Balaban J connectivity index is 1.86. The molecule has 0 saturated carbocycles. The first-order chi connectivity index (χ1) is 16.7. The fourth-order valence-electron chi connectivity index (χ4n) is 3.45. The Hall–Kier alpha value is -2.93. The van der Waals surface area contributed by atoms with E-state index in [0.717, 1.165) is 5.57 Å². The van der Waals surface area contributed by atoms with Crippen molar-refractivity contribution in [1.29, 1.82) is 0 Å². The second-order valence-corrected chi connectivity index (χ2v) is 9.58. The average molecular weight is 528 g/mol. The first kappa shape index (κ1) is 26.7. The van der Waals surface area contributed by atoms with Crippen LogP contribution in [0.5, 0.6) is 0 Å². The van der Waals surface area contributed by atoms with Crippen molar-refractivity contribution in [2.24, 2.45) is 4.99 Å². The number of halogens is 2. The molecule has 5 nitrogen and oxygen atoms in total. The second kappa shape index (κ2) is 12.2. The summed E-state index contributed by atoms with van der Waals surface area (Å²) in [7, 11) is 1.70. The number of carbonyl (C=O) groups is 1. The fourth-order valence-corrected chi connectivity index (χ4v) is 4.04. The number of likely N-dealkylation sites (N-methyl/N-ethyl adjacent to an activating group) is 1. The highest BCUT2D eigenvalue weighted by Gasteiger charge is 2.31. The number of anilines is 1. The van der Waals surface area contributed by atoms with E-state index in [4.69, 9.17) is 40.4 Å². The third kappa shape index (κ3) is 7.04. The molecular weight excluding hydrogens is 499 g/mol. The topological polar surface area (TPSA) is 56.7 Å². The van der Waals surface area contributed by atoms with Gasteiger partial charge in [-0.2, -0.15) is 0 Å². The van der Waals surface area contributed by atoms with Gasteiger partial charge in [-0.15, -0.1) is 0 Å². The molecule has 1 aliphatic heterocycles. The van der Waals surface area contributed by atoms with Crippen LogP contribution in [0.2, 0.25) is 10.0 Å². The second-order valence-electron chi connectivity index (χ2n) is 8.32. The lowest BCUT2D eigenvalue weighted by molar-refractivity contribution is -0.119. The van der Waals surface area contributed by atoms with Gasteiger partial charge < -0.3 is 15.5 Å². The molecule has 0 bridgehead atoms. The number of fused-ring (bicyclic) bond motifs is 1. The summed E-state index contributed by atoms with van der Waals surface area (Å²) < 4.78 is 0. The van der Waals surface area contributed by atoms with Crippen LogP contribution in [-0.2, 0) is 4.79 Å². The van der Waals surface area contributed by atoms with Crippen molar-refractivity contribution in [2.75, 3.05) is 18.5 Å². The summed E-state index contributed by atoms with van der Waals surface area (Å²) in [6.45, 7) is 6.62. The Morgan fingerprint density at radius 1 is 1.14 bits per heavy atom. The van der Waals surface area contributed by atoms with Gasteiger partial charge in [-0.25, -0.2) is 4.99 Å². The van der Waals surface area contributed by atoms with Crippen LogP contribution in [0.15, 0.2) is 82.9 Å². The van der Waals surface area contributed by atoms with E-state index in [9.17, 15) is 4.79 Å². The van der Waals surface area contributed by atoms with Crippen LogP contribution in [-0.4, -0.2) is 36.5 Å². The highest BCUT2D eigenvalue weighted by molar-refractivity contribution is 7.80. The van der Waals surface area contributed by atoms with Gasteiger partial charge in [0.05, 0.1) is 11.4 Å². The number of nitrogens with one attached hydrogen (secondary N) is 2. The Morgan fingerprint density at radius 2 is 1.89 bits per heavy atom. The maximum Gasteiger partial charge on any atom is 0.272 e. The Morgan fingerprint density at radius 3 is 2.60 bits per heavy atom. The number of nitrogens with zero attached hydrogens (tertiary/aromatic N) is 2. The van der Waals surface area contributed by atoms with Crippen molar-refractivity contribution in [2.45, 2.75) is 26.9 Å². The molecule has 35 heavy (non-hydrogen) atoms. The van der Waals surface area contributed by atoms with Crippen molar-refractivity contribution in [3.05, 3.63) is 99.1 Å².